The lowest BCUT2D eigenvalue weighted by Gasteiger charge is -2.44. The average molecular weight is 302 g/mol. The molecule has 1 fully saturated rings. The summed E-state index contributed by atoms with van der Waals surface area (Å²) in [4.78, 5) is 3.57. The topological polar surface area (TPSA) is 27.8 Å². The van der Waals surface area contributed by atoms with E-state index in [4.69, 9.17) is 0 Å². The van der Waals surface area contributed by atoms with Crippen LogP contribution >= 0.6 is 11.8 Å². The van der Waals surface area contributed by atoms with Gasteiger partial charge in [-0.1, -0.05) is 45.4 Å². The van der Waals surface area contributed by atoms with Gasteiger partial charge in [-0.15, -0.1) is 11.8 Å². The van der Waals surface area contributed by atoms with Gasteiger partial charge in [0.05, 0.1) is 5.03 Å². The molecule has 2 atom stereocenters. The van der Waals surface area contributed by atoms with E-state index in [-0.39, 0.29) is 0 Å². The Labute approximate surface area is 132 Å². The second-order valence-electron chi connectivity index (χ2n) is 6.79. The van der Waals surface area contributed by atoms with Crippen LogP contribution in [0.25, 0.3) is 10.9 Å². The summed E-state index contributed by atoms with van der Waals surface area (Å²) in [5.74, 6) is 0. The van der Waals surface area contributed by atoms with E-state index in [1.807, 2.05) is 11.8 Å². The summed E-state index contributed by atoms with van der Waals surface area (Å²) >= 11 is 2.02. The van der Waals surface area contributed by atoms with Gasteiger partial charge < -0.3 is 10.3 Å². The number of thioether (sulfide) groups is 1. The van der Waals surface area contributed by atoms with Crippen molar-refractivity contribution >= 4 is 22.7 Å². The molecule has 3 rings (SSSR count). The van der Waals surface area contributed by atoms with E-state index >= 15 is 0 Å². The number of para-hydroxylation sites is 1. The molecule has 2 unspecified atom stereocenters. The average Bonchev–Trinajstić information content (AvgIpc) is 2.84. The van der Waals surface area contributed by atoms with Crippen LogP contribution in [0.5, 0.6) is 0 Å². The van der Waals surface area contributed by atoms with Crippen molar-refractivity contribution in [3.05, 3.63) is 30.3 Å². The summed E-state index contributed by atoms with van der Waals surface area (Å²) in [6.07, 6.45) is 3.97. The van der Waals surface area contributed by atoms with Crippen LogP contribution in [0.2, 0.25) is 0 Å². The van der Waals surface area contributed by atoms with Crippen LogP contribution in [0.4, 0.5) is 0 Å². The smallest absolute Gasteiger partial charge is 0.0735 e. The molecule has 1 aliphatic rings. The van der Waals surface area contributed by atoms with E-state index in [9.17, 15) is 0 Å². The zero-order valence-electron chi connectivity index (χ0n) is 13.3. The van der Waals surface area contributed by atoms with Crippen LogP contribution < -0.4 is 5.32 Å². The Bertz CT molecular complexity index is 569. The van der Waals surface area contributed by atoms with E-state index in [0.717, 1.165) is 6.54 Å². The van der Waals surface area contributed by atoms with Crippen molar-refractivity contribution in [3.63, 3.8) is 0 Å². The maximum Gasteiger partial charge on any atom is 0.0735 e. The van der Waals surface area contributed by atoms with Gasteiger partial charge in [-0.2, -0.15) is 0 Å². The van der Waals surface area contributed by atoms with Crippen molar-refractivity contribution in [1.29, 1.82) is 0 Å². The zero-order valence-corrected chi connectivity index (χ0v) is 14.1. The number of aromatic nitrogens is 1. The molecule has 2 aromatic rings. The Balaban J connectivity index is 1.81. The molecule has 0 radical (unpaired) electrons. The van der Waals surface area contributed by atoms with E-state index in [1.54, 1.807) is 0 Å². The van der Waals surface area contributed by atoms with Gasteiger partial charge in [0.2, 0.25) is 0 Å². The summed E-state index contributed by atoms with van der Waals surface area (Å²) in [6.45, 7) is 8.10. The Morgan fingerprint density at radius 1 is 1.33 bits per heavy atom. The zero-order chi connectivity index (χ0) is 14.9. The lowest BCUT2D eigenvalue weighted by atomic mass is 9.73. The number of H-pyrrole nitrogens is 1. The van der Waals surface area contributed by atoms with Crippen LogP contribution in [0.15, 0.2) is 35.4 Å². The third-order valence-corrected chi connectivity index (χ3v) is 6.02. The lowest BCUT2D eigenvalue weighted by Crippen LogP contribution is -2.51. The van der Waals surface area contributed by atoms with Crippen LogP contribution in [-0.4, -0.2) is 22.8 Å². The molecular formula is C18H26N2S. The molecule has 1 saturated carbocycles. The number of hydrogen-bond acceptors (Lipinski definition) is 2. The monoisotopic (exact) mass is 302 g/mol. The molecule has 0 aliphatic heterocycles. The fourth-order valence-corrected chi connectivity index (χ4v) is 5.19. The number of aromatic amines is 1. The highest BCUT2D eigenvalue weighted by Gasteiger charge is 2.38. The maximum absolute atomic E-state index is 3.74. The normalized spacial score (nSPS) is 25.3. The molecule has 0 spiro atoms. The van der Waals surface area contributed by atoms with Gasteiger partial charge in [0.15, 0.2) is 0 Å². The number of benzene rings is 1. The first kappa shape index (κ1) is 15.0. The van der Waals surface area contributed by atoms with Crippen molar-refractivity contribution in [3.8, 4) is 0 Å². The van der Waals surface area contributed by atoms with Crippen molar-refractivity contribution in [1.82, 2.24) is 10.3 Å². The fourth-order valence-electron chi connectivity index (χ4n) is 3.61. The number of nitrogens with one attached hydrogen (secondary N) is 2. The number of fused-ring (bicyclic) bond motifs is 1. The highest BCUT2D eigenvalue weighted by atomic mass is 32.2. The van der Waals surface area contributed by atoms with Gasteiger partial charge in [-0.3, -0.25) is 0 Å². The predicted molar refractivity (Wildman–Crippen MR) is 93.0 cm³/mol. The minimum absolute atomic E-state index is 0.387. The number of rotatable bonds is 4. The summed E-state index contributed by atoms with van der Waals surface area (Å²) in [5, 5.41) is 7.02. The highest BCUT2D eigenvalue weighted by Crippen LogP contribution is 2.43. The first-order chi connectivity index (χ1) is 10.1. The summed E-state index contributed by atoms with van der Waals surface area (Å²) in [6, 6.07) is 11.4. The van der Waals surface area contributed by atoms with Gasteiger partial charge >= 0.3 is 0 Å². The molecule has 114 valence electrons. The van der Waals surface area contributed by atoms with Crippen molar-refractivity contribution in [2.24, 2.45) is 5.41 Å². The first-order valence-electron chi connectivity index (χ1n) is 8.08. The second-order valence-corrected chi connectivity index (χ2v) is 8.07. The van der Waals surface area contributed by atoms with Gasteiger partial charge in [0, 0.05) is 22.2 Å². The largest absolute Gasteiger partial charge is 0.350 e. The molecule has 0 bridgehead atoms. The van der Waals surface area contributed by atoms with Crippen molar-refractivity contribution in [2.45, 2.75) is 56.4 Å². The SMILES string of the molecule is CCNC1C(Sc2cc3ccccc3[nH]2)CCCC1(C)C. The standard InChI is InChI=1S/C18H26N2S/c1-4-19-17-15(10-7-11-18(17,2)3)21-16-12-13-8-5-6-9-14(13)20-16/h5-6,8-9,12,15,17,19-20H,4,7,10-11H2,1-3H3. The molecule has 21 heavy (non-hydrogen) atoms. The Kier molecular flexibility index (Phi) is 4.32. The van der Waals surface area contributed by atoms with Crippen molar-refractivity contribution in [2.75, 3.05) is 6.54 Å². The van der Waals surface area contributed by atoms with E-state index in [0.29, 0.717) is 16.7 Å². The number of hydrogen-bond donors (Lipinski definition) is 2. The molecule has 1 aliphatic carbocycles. The van der Waals surface area contributed by atoms with Crippen molar-refractivity contribution < 1.29 is 0 Å². The van der Waals surface area contributed by atoms with Crippen LogP contribution in [0.3, 0.4) is 0 Å². The molecular weight excluding hydrogens is 276 g/mol. The quantitative estimate of drug-likeness (QED) is 0.847. The third-order valence-electron chi connectivity index (χ3n) is 4.73. The molecule has 3 heteroatoms. The van der Waals surface area contributed by atoms with E-state index < -0.39 is 0 Å². The predicted octanol–water partition coefficient (Wildman–Crippen LogP) is 4.82. The minimum atomic E-state index is 0.387. The Morgan fingerprint density at radius 3 is 2.90 bits per heavy atom. The molecule has 2 N–H and O–H groups in total. The van der Waals surface area contributed by atoms with Gasteiger partial charge in [0.1, 0.15) is 0 Å². The fraction of sp³-hybridized carbons (Fsp3) is 0.556. The minimum Gasteiger partial charge on any atom is -0.350 e. The highest BCUT2D eigenvalue weighted by molar-refractivity contribution is 7.99. The van der Waals surface area contributed by atoms with Crippen LogP contribution in [-0.2, 0) is 0 Å². The van der Waals surface area contributed by atoms with E-state index in [1.165, 1.54) is 35.2 Å². The molecule has 1 heterocycles. The van der Waals surface area contributed by atoms with E-state index in [2.05, 4.69) is 61.4 Å². The molecule has 1 aromatic carbocycles. The van der Waals surface area contributed by atoms with Crippen LogP contribution in [0.1, 0.15) is 40.0 Å². The van der Waals surface area contributed by atoms with Crippen LogP contribution in [0, 0.1) is 5.41 Å². The second kappa shape index (κ2) is 6.05. The molecule has 0 saturated heterocycles. The maximum atomic E-state index is 3.74. The third kappa shape index (κ3) is 3.14. The Morgan fingerprint density at radius 2 is 2.14 bits per heavy atom. The summed E-state index contributed by atoms with van der Waals surface area (Å²) in [5.41, 5.74) is 1.63. The lowest BCUT2D eigenvalue weighted by molar-refractivity contribution is 0.176. The van der Waals surface area contributed by atoms with Gasteiger partial charge in [-0.25, -0.2) is 0 Å². The summed E-state index contributed by atoms with van der Waals surface area (Å²) < 4.78 is 0. The molecule has 0 amide bonds. The summed E-state index contributed by atoms with van der Waals surface area (Å²) in [7, 11) is 0. The molecule has 2 nitrogen and oxygen atoms in total. The first-order valence-corrected chi connectivity index (χ1v) is 8.96. The Hall–Kier alpha value is -0.930. The van der Waals surface area contributed by atoms with Gasteiger partial charge in [-0.05, 0) is 36.9 Å². The van der Waals surface area contributed by atoms with Gasteiger partial charge in [0.25, 0.3) is 0 Å². The molecule has 1 aromatic heterocycles.